The van der Waals surface area contributed by atoms with Gasteiger partial charge in [0.1, 0.15) is 5.82 Å². The van der Waals surface area contributed by atoms with Crippen molar-refractivity contribution in [3.05, 3.63) is 101 Å². The third-order valence-electron chi connectivity index (χ3n) is 6.17. The molecule has 1 heterocycles. The molecule has 1 amide bonds. The molecule has 5 rings (SSSR count). The van der Waals surface area contributed by atoms with E-state index >= 15 is 0 Å². The van der Waals surface area contributed by atoms with Crippen molar-refractivity contribution in [2.75, 3.05) is 0 Å². The van der Waals surface area contributed by atoms with E-state index in [4.69, 9.17) is 4.98 Å². The van der Waals surface area contributed by atoms with Crippen molar-refractivity contribution >= 4 is 16.9 Å². The topological polar surface area (TPSA) is 38.1 Å². The molecule has 1 fully saturated rings. The maximum atomic E-state index is 13.7. The predicted molar refractivity (Wildman–Crippen MR) is 124 cm³/mol. The van der Waals surface area contributed by atoms with Crippen LogP contribution in [0.4, 0.5) is 13.2 Å². The summed E-state index contributed by atoms with van der Waals surface area (Å²) in [6.07, 6.45) is -2.32. The second kappa shape index (κ2) is 8.97. The quantitative estimate of drug-likeness (QED) is 0.322. The highest BCUT2D eigenvalue weighted by Crippen LogP contribution is 2.34. The summed E-state index contributed by atoms with van der Waals surface area (Å²) in [6, 6.07) is 22.0. The molecule has 7 heteroatoms. The summed E-state index contributed by atoms with van der Waals surface area (Å²) in [4.78, 5) is 19.8. The van der Waals surface area contributed by atoms with Crippen molar-refractivity contribution in [3.8, 4) is 0 Å². The minimum atomic E-state index is -4.62. The van der Waals surface area contributed by atoms with Crippen LogP contribution in [-0.2, 0) is 25.8 Å². The number of fused-ring (bicyclic) bond motifs is 1. The molecule has 0 unspecified atom stereocenters. The van der Waals surface area contributed by atoms with E-state index in [0.29, 0.717) is 11.7 Å². The van der Waals surface area contributed by atoms with E-state index in [1.54, 1.807) is 0 Å². The molecule has 0 atom stereocenters. The Kier molecular flexibility index (Phi) is 5.86. The number of carbonyl (C=O) groups is 1. The van der Waals surface area contributed by atoms with Gasteiger partial charge in [0.25, 0.3) is 5.91 Å². The lowest BCUT2D eigenvalue weighted by Crippen LogP contribution is -2.33. The summed E-state index contributed by atoms with van der Waals surface area (Å²) >= 11 is 0. The molecule has 0 aliphatic heterocycles. The largest absolute Gasteiger partial charge is 0.417 e. The van der Waals surface area contributed by atoms with Crippen molar-refractivity contribution in [2.45, 2.75) is 38.7 Å². The first-order valence-electron chi connectivity index (χ1n) is 11.3. The number of hydrogen-bond acceptors (Lipinski definition) is 2. The van der Waals surface area contributed by atoms with E-state index in [0.717, 1.165) is 42.0 Å². The molecule has 3 aromatic carbocycles. The van der Waals surface area contributed by atoms with Crippen LogP contribution >= 0.6 is 0 Å². The number of para-hydroxylation sites is 2. The van der Waals surface area contributed by atoms with Crippen LogP contribution in [0.3, 0.4) is 0 Å². The SMILES string of the molecule is O=C(c1ccccc1C(F)(F)F)N(Cc1ccccc1)Cc1nc2ccccc2n1CC1CC1. The van der Waals surface area contributed by atoms with E-state index < -0.39 is 17.6 Å². The number of imidazole rings is 1. The van der Waals surface area contributed by atoms with Gasteiger partial charge in [-0.2, -0.15) is 13.2 Å². The van der Waals surface area contributed by atoms with E-state index in [1.807, 2.05) is 54.6 Å². The summed E-state index contributed by atoms with van der Waals surface area (Å²) in [5.41, 5.74) is 1.36. The van der Waals surface area contributed by atoms with Gasteiger partial charge in [-0.25, -0.2) is 4.98 Å². The Balaban J connectivity index is 1.55. The van der Waals surface area contributed by atoms with E-state index in [-0.39, 0.29) is 18.7 Å². The number of amides is 1. The number of nitrogens with zero attached hydrogens (tertiary/aromatic N) is 3. The lowest BCUT2D eigenvalue weighted by atomic mass is 10.1. The number of aromatic nitrogens is 2. The molecule has 1 aromatic heterocycles. The summed E-state index contributed by atoms with van der Waals surface area (Å²) in [5.74, 6) is 0.587. The number of alkyl halides is 3. The molecule has 34 heavy (non-hydrogen) atoms. The fourth-order valence-corrected chi connectivity index (χ4v) is 4.27. The highest BCUT2D eigenvalue weighted by Gasteiger charge is 2.36. The van der Waals surface area contributed by atoms with Crippen LogP contribution in [0.15, 0.2) is 78.9 Å². The Morgan fingerprint density at radius 3 is 2.32 bits per heavy atom. The Bertz CT molecular complexity index is 1310. The minimum absolute atomic E-state index is 0.112. The van der Waals surface area contributed by atoms with Gasteiger partial charge < -0.3 is 9.47 Å². The number of halogens is 3. The second-order valence-electron chi connectivity index (χ2n) is 8.76. The van der Waals surface area contributed by atoms with Gasteiger partial charge in [0.05, 0.1) is 28.7 Å². The van der Waals surface area contributed by atoms with Crippen LogP contribution in [-0.4, -0.2) is 20.4 Å². The van der Waals surface area contributed by atoms with Crippen molar-refractivity contribution in [1.29, 1.82) is 0 Å². The first kappa shape index (κ1) is 22.2. The van der Waals surface area contributed by atoms with Gasteiger partial charge in [0.2, 0.25) is 0 Å². The van der Waals surface area contributed by atoms with Gasteiger partial charge in [-0.3, -0.25) is 4.79 Å². The molecule has 1 aliphatic carbocycles. The van der Waals surface area contributed by atoms with Crippen molar-refractivity contribution in [2.24, 2.45) is 5.92 Å². The average Bonchev–Trinajstić information content (AvgIpc) is 3.59. The molecule has 0 bridgehead atoms. The number of carbonyl (C=O) groups excluding carboxylic acids is 1. The van der Waals surface area contributed by atoms with Gasteiger partial charge in [0.15, 0.2) is 0 Å². The normalized spacial score (nSPS) is 13.9. The highest BCUT2D eigenvalue weighted by atomic mass is 19.4. The molecule has 0 N–H and O–H groups in total. The van der Waals surface area contributed by atoms with Crippen molar-refractivity contribution in [1.82, 2.24) is 14.5 Å². The van der Waals surface area contributed by atoms with E-state index in [2.05, 4.69) is 4.57 Å². The zero-order valence-corrected chi connectivity index (χ0v) is 18.5. The molecular formula is C27H24F3N3O. The van der Waals surface area contributed by atoms with Crippen LogP contribution in [0.25, 0.3) is 11.0 Å². The Morgan fingerprint density at radius 2 is 1.59 bits per heavy atom. The Morgan fingerprint density at radius 1 is 0.912 bits per heavy atom. The third-order valence-corrected chi connectivity index (χ3v) is 6.17. The monoisotopic (exact) mass is 463 g/mol. The Hall–Kier alpha value is -3.61. The lowest BCUT2D eigenvalue weighted by molar-refractivity contribution is -0.138. The smallest absolute Gasteiger partial charge is 0.327 e. The first-order valence-corrected chi connectivity index (χ1v) is 11.3. The molecule has 0 spiro atoms. The molecule has 4 nitrogen and oxygen atoms in total. The number of hydrogen-bond donors (Lipinski definition) is 0. The van der Waals surface area contributed by atoms with Crippen molar-refractivity contribution < 1.29 is 18.0 Å². The predicted octanol–water partition coefficient (Wildman–Crippen LogP) is 6.31. The average molecular weight is 464 g/mol. The fraction of sp³-hybridized carbons (Fsp3) is 0.259. The van der Waals surface area contributed by atoms with Crippen molar-refractivity contribution in [3.63, 3.8) is 0 Å². The molecular weight excluding hydrogens is 439 g/mol. The summed E-state index contributed by atoms with van der Waals surface area (Å²) < 4.78 is 43.2. The van der Waals surface area contributed by atoms with Gasteiger partial charge in [-0.15, -0.1) is 0 Å². The van der Waals surface area contributed by atoms with Crippen LogP contribution in [0.1, 0.15) is 40.2 Å². The third kappa shape index (κ3) is 4.69. The maximum Gasteiger partial charge on any atom is 0.417 e. The lowest BCUT2D eigenvalue weighted by Gasteiger charge is -2.25. The number of rotatable bonds is 7. The molecule has 4 aromatic rings. The maximum absolute atomic E-state index is 13.7. The van der Waals surface area contributed by atoms with Gasteiger partial charge >= 0.3 is 6.18 Å². The van der Waals surface area contributed by atoms with Crippen LogP contribution < -0.4 is 0 Å². The van der Waals surface area contributed by atoms with Gasteiger partial charge in [0, 0.05) is 13.1 Å². The van der Waals surface area contributed by atoms with Crippen LogP contribution in [0.2, 0.25) is 0 Å². The fourth-order valence-electron chi connectivity index (χ4n) is 4.27. The summed E-state index contributed by atoms with van der Waals surface area (Å²) in [6.45, 7) is 1.09. The molecule has 1 saturated carbocycles. The molecule has 174 valence electrons. The summed E-state index contributed by atoms with van der Waals surface area (Å²) in [5, 5.41) is 0. The zero-order chi connectivity index (χ0) is 23.7. The zero-order valence-electron chi connectivity index (χ0n) is 18.5. The van der Waals surface area contributed by atoms with Gasteiger partial charge in [-0.1, -0.05) is 54.6 Å². The Labute approximate surface area is 195 Å². The van der Waals surface area contributed by atoms with Gasteiger partial charge in [-0.05, 0) is 48.6 Å². The van der Waals surface area contributed by atoms with E-state index in [9.17, 15) is 18.0 Å². The number of benzene rings is 3. The molecule has 0 saturated heterocycles. The second-order valence-corrected chi connectivity index (χ2v) is 8.76. The summed E-state index contributed by atoms with van der Waals surface area (Å²) in [7, 11) is 0. The minimum Gasteiger partial charge on any atom is -0.327 e. The van der Waals surface area contributed by atoms with Crippen LogP contribution in [0, 0.1) is 5.92 Å². The molecule has 1 aliphatic rings. The first-order chi connectivity index (χ1) is 16.4. The van der Waals surface area contributed by atoms with Crippen LogP contribution in [0.5, 0.6) is 0 Å². The standard InChI is InChI=1S/C27H24F3N3O/c28-27(29,30)22-11-5-4-10-21(22)26(34)32(16-19-8-2-1-3-9-19)18-25-31-23-12-6-7-13-24(23)33(25)17-20-14-15-20/h1-13,20H,14-18H2. The highest BCUT2D eigenvalue weighted by molar-refractivity contribution is 5.96. The molecule has 0 radical (unpaired) electrons. The van der Waals surface area contributed by atoms with E-state index in [1.165, 1.54) is 23.1 Å².